The molecule has 0 bridgehead atoms. The Morgan fingerprint density at radius 2 is 1.88 bits per heavy atom. The zero-order valence-electron chi connectivity index (χ0n) is 15.0. The van der Waals surface area contributed by atoms with Gasteiger partial charge in [0.2, 0.25) is 11.7 Å². The van der Waals surface area contributed by atoms with Crippen LogP contribution in [0.15, 0.2) is 36.4 Å². The van der Waals surface area contributed by atoms with E-state index in [-0.39, 0.29) is 17.2 Å². The van der Waals surface area contributed by atoms with E-state index in [1.54, 1.807) is 57.3 Å². The molecule has 0 saturated heterocycles. The maximum absolute atomic E-state index is 12.4. The second kappa shape index (κ2) is 6.25. The lowest BCUT2D eigenvalue weighted by atomic mass is 10.1. The fourth-order valence-electron chi connectivity index (χ4n) is 2.58. The first-order valence-electron chi connectivity index (χ1n) is 8.05. The predicted octanol–water partition coefficient (Wildman–Crippen LogP) is 3.33. The van der Waals surface area contributed by atoms with Crippen LogP contribution in [-0.2, 0) is 9.53 Å². The van der Waals surface area contributed by atoms with Gasteiger partial charge in [0.1, 0.15) is 22.8 Å². The molecule has 0 aromatic heterocycles. The summed E-state index contributed by atoms with van der Waals surface area (Å²) in [6.07, 6.45) is 0. The molecule has 0 aliphatic carbocycles. The summed E-state index contributed by atoms with van der Waals surface area (Å²) in [5.41, 5.74) is 7.23. The Morgan fingerprint density at radius 3 is 2.54 bits per heavy atom. The number of benzene rings is 2. The van der Waals surface area contributed by atoms with Gasteiger partial charge in [-0.05, 0) is 30.3 Å². The van der Waals surface area contributed by atoms with Gasteiger partial charge in [0.05, 0.1) is 5.69 Å². The summed E-state index contributed by atoms with van der Waals surface area (Å²) in [5, 5.41) is 0. The number of ether oxygens (including phenoxy) is 3. The van der Waals surface area contributed by atoms with Gasteiger partial charge in [-0.3, -0.25) is 4.79 Å². The van der Waals surface area contributed by atoms with Gasteiger partial charge in [-0.25, -0.2) is 4.79 Å². The number of nitrogens with zero attached hydrogens (tertiary/aromatic N) is 1. The van der Waals surface area contributed by atoms with Crippen molar-refractivity contribution in [2.24, 2.45) is 0 Å². The van der Waals surface area contributed by atoms with Crippen LogP contribution >= 0.6 is 0 Å². The molecule has 7 nitrogen and oxygen atoms in total. The van der Waals surface area contributed by atoms with Gasteiger partial charge in [0.15, 0.2) is 0 Å². The highest BCUT2D eigenvalue weighted by Gasteiger charge is 2.36. The van der Waals surface area contributed by atoms with Crippen molar-refractivity contribution in [1.29, 1.82) is 0 Å². The number of nitrogen functional groups attached to an aromatic ring is 1. The first-order valence-corrected chi connectivity index (χ1v) is 8.05. The van der Waals surface area contributed by atoms with Crippen molar-refractivity contribution in [2.45, 2.75) is 26.6 Å². The number of fused-ring (bicyclic) bond motifs is 1. The fraction of sp³-hybridized carbons (Fsp3) is 0.263. The van der Waals surface area contributed by atoms with E-state index < -0.39 is 11.8 Å². The molecule has 0 spiro atoms. The predicted molar refractivity (Wildman–Crippen MR) is 96.6 cm³/mol. The lowest BCUT2D eigenvalue weighted by Gasteiger charge is -2.32. The molecule has 2 aromatic rings. The van der Waals surface area contributed by atoms with Crippen LogP contribution in [0.2, 0.25) is 0 Å². The third kappa shape index (κ3) is 3.28. The third-order valence-electron chi connectivity index (χ3n) is 3.96. The summed E-state index contributed by atoms with van der Waals surface area (Å²) in [6.45, 7) is 4.77. The normalized spacial score (nSPS) is 14.7. The summed E-state index contributed by atoms with van der Waals surface area (Å²) in [5.74, 6) is -0.661. The van der Waals surface area contributed by atoms with Crippen molar-refractivity contribution in [3.05, 3.63) is 42.0 Å². The third-order valence-corrected chi connectivity index (χ3v) is 3.96. The van der Waals surface area contributed by atoms with Crippen molar-refractivity contribution >= 4 is 23.3 Å². The van der Waals surface area contributed by atoms with Gasteiger partial charge >= 0.3 is 5.97 Å². The highest BCUT2D eigenvalue weighted by Crippen LogP contribution is 2.40. The smallest absolute Gasteiger partial charge is 0.349 e. The van der Waals surface area contributed by atoms with Crippen LogP contribution in [0, 0.1) is 0 Å². The highest BCUT2D eigenvalue weighted by atomic mass is 16.7. The molecule has 0 fully saturated rings. The maximum Gasteiger partial charge on any atom is 0.349 e. The summed E-state index contributed by atoms with van der Waals surface area (Å²) < 4.78 is 16.8. The molecule has 1 heterocycles. The van der Waals surface area contributed by atoms with Crippen LogP contribution < -0.4 is 20.1 Å². The quantitative estimate of drug-likeness (QED) is 0.670. The van der Waals surface area contributed by atoms with E-state index in [2.05, 4.69) is 0 Å². The first kappa shape index (κ1) is 17.6. The largest absolute Gasteiger partial charge is 0.454 e. The topological polar surface area (TPSA) is 91.1 Å². The minimum Gasteiger partial charge on any atom is -0.454 e. The zero-order chi connectivity index (χ0) is 19.1. The van der Waals surface area contributed by atoms with E-state index in [0.29, 0.717) is 22.9 Å². The molecule has 3 rings (SSSR count). The molecule has 2 aromatic carbocycles. The molecule has 0 atom stereocenters. The van der Waals surface area contributed by atoms with Crippen molar-refractivity contribution in [3.63, 3.8) is 0 Å². The molecule has 1 aliphatic rings. The van der Waals surface area contributed by atoms with Crippen LogP contribution in [-0.4, -0.2) is 24.7 Å². The van der Waals surface area contributed by atoms with E-state index in [1.165, 1.54) is 11.8 Å². The molecule has 0 radical (unpaired) electrons. The monoisotopic (exact) mass is 356 g/mol. The van der Waals surface area contributed by atoms with Crippen LogP contribution in [0.4, 0.5) is 11.4 Å². The van der Waals surface area contributed by atoms with Gasteiger partial charge < -0.3 is 24.8 Å². The maximum atomic E-state index is 12.4. The fourth-order valence-corrected chi connectivity index (χ4v) is 2.58. The van der Waals surface area contributed by atoms with E-state index in [0.717, 1.165) is 0 Å². The van der Waals surface area contributed by atoms with Gasteiger partial charge in [-0.15, -0.1) is 0 Å². The van der Waals surface area contributed by atoms with Gasteiger partial charge in [0, 0.05) is 33.5 Å². The Morgan fingerprint density at radius 1 is 1.15 bits per heavy atom. The number of nitrogens with two attached hydrogens (primary N) is 1. The van der Waals surface area contributed by atoms with Crippen LogP contribution in [0.1, 0.15) is 31.1 Å². The number of hydrogen-bond donors (Lipinski definition) is 1. The van der Waals surface area contributed by atoms with Gasteiger partial charge in [-0.1, -0.05) is 6.07 Å². The summed E-state index contributed by atoms with van der Waals surface area (Å²) >= 11 is 0. The molecule has 26 heavy (non-hydrogen) atoms. The molecular weight excluding hydrogens is 336 g/mol. The molecule has 0 unspecified atom stereocenters. The molecular formula is C19H20N2O5. The summed E-state index contributed by atoms with van der Waals surface area (Å²) in [4.78, 5) is 25.3. The van der Waals surface area contributed by atoms with Crippen molar-refractivity contribution in [3.8, 4) is 17.2 Å². The Bertz CT molecular complexity index is 891. The number of carbonyl (C=O) groups excluding carboxylic acids is 2. The second-order valence-corrected chi connectivity index (χ2v) is 6.42. The molecule has 1 amide bonds. The SMILES string of the molecule is CC(=O)N(C)c1ccc(Oc2cccc3c2C(=O)OC(C)(C)O3)c(N)c1. The number of cyclic esters (lactones) is 1. The van der Waals surface area contributed by atoms with E-state index in [9.17, 15) is 9.59 Å². The Hall–Kier alpha value is -3.22. The van der Waals surface area contributed by atoms with Crippen LogP contribution in [0.5, 0.6) is 17.2 Å². The molecule has 1 aliphatic heterocycles. The lowest BCUT2D eigenvalue weighted by Crippen LogP contribution is -2.38. The number of carbonyl (C=O) groups is 2. The highest BCUT2D eigenvalue weighted by molar-refractivity contribution is 5.97. The number of hydrogen-bond acceptors (Lipinski definition) is 6. The van der Waals surface area contributed by atoms with Gasteiger partial charge in [-0.2, -0.15) is 0 Å². The number of esters is 1. The summed E-state index contributed by atoms with van der Waals surface area (Å²) in [7, 11) is 1.65. The van der Waals surface area contributed by atoms with E-state index in [4.69, 9.17) is 19.9 Å². The molecule has 7 heteroatoms. The van der Waals surface area contributed by atoms with E-state index >= 15 is 0 Å². The van der Waals surface area contributed by atoms with Crippen LogP contribution in [0.3, 0.4) is 0 Å². The minimum absolute atomic E-state index is 0.113. The molecule has 0 saturated carbocycles. The lowest BCUT2D eigenvalue weighted by molar-refractivity contribution is -0.127. The Labute approximate surface area is 151 Å². The zero-order valence-corrected chi connectivity index (χ0v) is 15.0. The van der Waals surface area contributed by atoms with E-state index in [1.807, 2.05) is 0 Å². The average Bonchev–Trinajstić information content (AvgIpc) is 2.54. The van der Waals surface area contributed by atoms with Crippen molar-refractivity contribution in [1.82, 2.24) is 0 Å². The summed E-state index contributed by atoms with van der Waals surface area (Å²) in [6, 6.07) is 10.0. The molecule has 136 valence electrons. The van der Waals surface area contributed by atoms with Gasteiger partial charge in [0.25, 0.3) is 0 Å². The van der Waals surface area contributed by atoms with Crippen molar-refractivity contribution in [2.75, 3.05) is 17.7 Å². The Kier molecular flexibility index (Phi) is 4.23. The minimum atomic E-state index is -1.04. The number of anilines is 2. The van der Waals surface area contributed by atoms with Crippen molar-refractivity contribution < 1.29 is 23.8 Å². The Balaban J connectivity index is 1.94. The first-order chi connectivity index (χ1) is 12.2. The second-order valence-electron chi connectivity index (χ2n) is 6.42. The number of amides is 1. The standard InChI is InChI=1S/C19H20N2O5/c1-11(22)21(4)12-8-9-14(13(20)10-12)24-15-6-5-7-16-17(15)18(23)26-19(2,3)25-16/h5-10H,20H2,1-4H3. The average molecular weight is 356 g/mol. The number of rotatable bonds is 3. The molecule has 2 N–H and O–H groups in total. The van der Waals surface area contributed by atoms with Crippen LogP contribution in [0.25, 0.3) is 0 Å².